The van der Waals surface area contributed by atoms with E-state index in [0.29, 0.717) is 41.0 Å². The van der Waals surface area contributed by atoms with Gasteiger partial charge in [-0.25, -0.2) is 9.48 Å². The number of methoxy groups -OCH3 is 3. The van der Waals surface area contributed by atoms with E-state index in [0.717, 1.165) is 17.7 Å². The van der Waals surface area contributed by atoms with E-state index in [2.05, 4.69) is 22.3 Å². The number of nitrogens with zero attached hydrogens (tertiary/aromatic N) is 3. The van der Waals surface area contributed by atoms with Crippen LogP contribution in [0.3, 0.4) is 0 Å². The van der Waals surface area contributed by atoms with Crippen molar-refractivity contribution in [2.24, 2.45) is 0 Å². The van der Waals surface area contributed by atoms with Crippen LogP contribution in [0.15, 0.2) is 23.4 Å². The molecule has 0 saturated heterocycles. The van der Waals surface area contributed by atoms with Crippen molar-refractivity contribution in [3.05, 3.63) is 34.8 Å². The number of benzene rings is 1. The van der Waals surface area contributed by atoms with Crippen molar-refractivity contribution in [1.82, 2.24) is 14.8 Å². The molecule has 0 amide bonds. The first kappa shape index (κ1) is 21.5. The third-order valence-corrected chi connectivity index (χ3v) is 4.84. The van der Waals surface area contributed by atoms with E-state index in [1.807, 2.05) is 19.1 Å². The second-order valence-corrected chi connectivity index (χ2v) is 6.78. The Hall–Kier alpha value is -3.23. The van der Waals surface area contributed by atoms with Crippen LogP contribution in [0.1, 0.15) is 44.1 Å². The number of ether oxygens (including phenoxy) is 4. The number of aryl methyl sites for hydroxylation is 1. The molecule has 1 N–H and O–H groups in total. The van der Waals surface area contributed by atoms with Crippen LogP contribution in [-0.2, 0) is 9.53 Å². The minimum Gasteiger partial charge on any atom is -0.493 e. The normalized spacial score (nSPS) is 15.3. The number of fused-ring (bicyclic) bond motifs is 1. The van der Waals surface area contributed by atoms with Gasteiger partial charge in [-0.2, -0.15) is 10.1 Å². The number of anilines is 1. The van der Waals surface area contributed by atoms with E-state index in [1.165, 1.54) is 0 Å². The fourth-order valence-corrected chi connectivity index (χ4v) is 3.64. The Bertz CT molecular complexity index is 941. The lowest BCUT2D eigenvalue weighted by atomic mass is 9.93. The molecule has 1 aliphatic rings. The zero-order chi connectivity index (χ0) is 21.8. The number of nitrogens with one attached hydrogen (secondary N) is 1. The van der Waals surface area contributed by atoms with Crippen molar-refractivity contribution in [3.63, 3.8) is 0 Å². The molecule has 0 aliphatic carbocycles. The average molecular weight is 416 g/mol. The van der Waals surface area contributed by atoms with Gasteiger partial charge in [-0.3, -0.25) is 0 Å². The van der Waals surface area contributed by atoms with Crippen molar-refractivity contribution in [2.45, 2.75) is 39.7 Å². The van der Waals surface area contributed by atoms with Crippen LogP contribution in [0.4, 0.5) is 5.95 Å². The second kappa shape index (κ2) is 9.06. The van der Waals surface area contributed by atoms with Gasteiger partial charge in [-0.1, -0.05) is 13.3 Å². The standard InChI is InChI=1S/C21H28N4O5/c1-7-9-14-17(20(26)30-8-2)18(25-21(23-14)22-12(3)24-25)13-10-15(27-4)19(29-6)16(11-13)28-5/h10-11,18H,7-9H2,1-6H3,(H,22,23,24)/t18-/m0/s1. The average Bonchev–Trinajstić information content (AvgIpc) is 3.11. The highest BCUT2D eigenvalue weighted by atomic mass is 16.5. The molecule has 0 saturated carbocycles. The maximum Gasteiger partial charge on any atom is 0.338 e. The number of rotatable bonds is 8. The molecule has 2 aromatic rings. The zero-order valence-electron chi connectivity index (χ0n) is 18.2. The van der Waals surface area contributed by atoms with Crippen molar-refractivity contribution >= 4 is 11.9 Å². The summed E-state index contributed by atoms with van der Waals surface area (Å²) in [5, 5.41) is 7.81. The van der Waals surface area contributed by atoms with Gasteiger partial charge in [0.2, 0.25) is 11.7 Å². The van der Waals surface area contributed by atoms with E-state index in [-0.39, 0.29) is 6.61 Å². The monoisotopic (exact) mass is 416 g/mol. The predicted octanol–water partition coefficient (Wildman–Crippen LogP) is 3.24. The number of carbonyl (C=O) groups is 1. The molecule has 9 nitrogen and oxygen atoms in total. The summed E-state index contributed by atoms with van der Waals surface area (Å²) in [5.74, 6) is 2.22. The largest absolute Gasteiger partial charge is 0.493 e. The van der Waals surface area contributed by atoms with Crippen LogP contribution in [0.2, 0.25) is 0 Å². The summed E-state index contributed by atoms with van der Waals surface area (Å²) >= 11 is 0. The van der Waals surface area contributed by atoms with Crippen LogP contribution >= 0.6 is 0 Å². The molecule has 162 valence electrons. The molecule has 2 heterocycles. The lowest BCUT2D eigenvalue weighted by Gasteiger charge is -2.30. The van der Waals surface area contributed by atoms with Crippen molar-refractivity contribution in [1.29, 1.82) is 0 Å². The number of allylic oxidation sites excluding steroid dienone is 1. The third kappa shape index (κ3) is 3.79. The summed E-state index contributed by atoms with van der Waals surface area (Å²) < 4.78 is 23.6. The predicted molar refractivity (Wildman–Crippen MR) is 111 cm³/mol. The Morgan fingerprint density at radius 2 is 1.80 bits per heavy atom. The van der Waals surface area contributed by atoms with Crippen molar-refractivity contribution in [3.8, 4) is 17.2 Å². The number of aromatic nitrogens is 3. The number of carbonyl (C=O) groups excluding carboxylic acids is 1. The van der Waals surface area contributed by atoms with E-state index in [1.54, 1.807) is 32.9 Å². The maximum absolute atomic E-state index is 13.0. The second-order valence-electron chi connectivity index (χ2n) is 6.78. The first-order valence-electron chi connectivity index (χ1n) is 9.89. The molecule has 0 bridgehead atoms. The molecule has 1 atom stereocenters. The quantitative estimate of drug-likeness (QED) is 0.655. The smallest absolute Gasteiger partial charge is 0.338 e. The summed E-state index contributed by atoms with van der Waals surface area (Å²) in [6, 6.07) is 3.08. The molecule has 1 aliphatic heterocycles. The van der Waals surface area contributed by atoms with Crippen LogP contribution < -0.4 is 19.5 Å². The lowest BCUT2D eigenvalue weighted by molar-refractivity contribution is -0.139. The Balaban J connectivity index is 2.28. The molecular weight excluding hydrogens is 388 g/mol. The van der Waals surface area contributed by atoms with Crippen LogP contribution in [-0.4, -0.2) is 48.7 Å². The molecule has 3 rings (SSSR count). The molecule has 0 radical (unpaired) electrons. The lowest BCUT2D eigenvalue weighted by Crippen LogP contribution is -2.30. The highest BCUT2D eigenvalue weighted by Gasteiger charge is 2.36. The van der Waals surface area contributed by atoms with Gasteiger partial charge in [0.25, 0.3) is 0 Å². The van der Waals surface area contributed by atoms with Gasteiger partial charge in [0.05, 0.1) is 33.5 Å². The Labute approximate surface area is 176 Å². The van der Waals surface area contributed by atoms with Gasteiger partial charge >= 0.3 is 5.97 Å². The summed E-state index contributed by atoms with van der Waals surface area (Å²) in [6.45, 7) is 5.92. The van der Waals surface area contributed by atoms with Gasteiger partial charge in [-0.15, -0.1) is 0 Å². The number of hydrogen-bond acceptors (Lipinski definition) is 8. The topological polar surface area (TPSA) is 96.7 Å². The fourth-order valence-electron chi connectivity index (χ4n) is 3.64. The zero-order valence-corrected chi connectivity index (χ0v) is 18.2. The fraction of sp³-hybridized carbons (Fsp3) is 0.476. The first-order chi connectivity index (χ1) is 14.5. The summed E-state index contributed by atoms with van der Waals surface area (Å²) in [6.07, 6.45) is 1.52. The van der Waals surface area contributed by atoms with Gasteiger partial charge < -0.3 is 24.3 Å². The number of esters is 1. The summed E-state index contributed by atoms with van der Waals surface area (Å²) in [7, 11) is 4.66. The Morgan fingerprint density at radius 1 is 1.13 bits per heavy atom. The van der Waals surface area contributed by atoms with Gasteiger partial charge in [0.15, 0.2) is 11.5 Å². The van der Waals surface area contributed by atoms with Gasteiger partial charge in [0.1, 0.15) is 11.9 Å². The molecular formula is C21H28N4O5. The SMILES string of the molecule is CCCC1=C(C(=O)OCC)[C@H](c2cc(OC)c(OC)c(OC)c2)n2nc(C)nc2N1. The minimum absolute atomic E-state index is 0.271. The van der Waals surface area contributed by atoms with E-state index in [4.69, 9.17) is 18.9 Å². The van der Waals surface area contributed by atoms with Gasteiger partial charge in [0, 0.05) is 5.70 Å². The maximum atomic E-state index is 13.0. The third-order valence-electron chi connectivity index (χ3n) is 4.84. The summed E-state index contributed by atoms with van der Waals surface area (Å²) in [5.41, 5.74) is 2.01. The minimum atomic E-state index is -0.559. The molecule has 0 spiro atoms. The van der Waals surface area contributed by atoms with E-state index in [9.17, 15) is 4.79 Å². The Kier molecular flexibility index (Phi) is 6.49. The molecule has 9 heteroatoms. The van der Waals surface area contributed by atoms with Crippen LogP contribution in [0.25, 0.3) is 0 Å². The highest BCUT2D eigenvalue weighted by molar-refractivity contribution is 5.92. The first-order valence-corrected chi connectivity index (χ1v) is 9.89. The van der Waals surface area contributed by atoms with E-state index < -0.39 is 12.0 Å². The molecule has 1 aromatic heterocycles. The summed E-state index contributed by atoms with van der Waals surface area (Å²) in [4.78, 5) is 17.5. The Morgan fingerprint density at radius 3 is 2.33 bits per heavy atom. The van der Waals surface area contributed by atoms with Crippen LogP contribution in [0, 0.1) is 6.92 Å². The van der Waals surface area contributed by atoms with Gasteiger partial charge in [-0.05, 0) is 38.0 Å². The highest BCUT2D eigenvalue weighted by Crippen LogP contribution is 2.44. The molecule has 1 aromatic carbocycles. The van der Waals surface area contributed by atoms with Crippen LogP contribution in [0.5, 0.6) is 17.2 Å². The molecule has 0 unspecified atom stereocenters. The van der Waals surface area contributed by atoms with E-state index >= 15 is 0 Å². The molecule has 30 heavy (non-hydrogen) atoms. The molecule has 0 fully saturated rings. The number of hydrogen-bond donors (Lipinski definition) is 1. The van der Waals surface area contributed by atoms with Crippen molar-refractivity contribution in [2.75, 3.05) is 33.3 Å². The van der Waals surface area contributed by atoms with Crippen molar-refractivity contribution < 1.29 is 23.7 Å².